The topological polar surface area (TPSA) is 85.2 Å². The number of rotatable bonds is 5. The zero-order valence-electron chi connectivity index (χ0n) is 12.7. The van der Waals surface area contributed by atoms with E-state index in [9.17, 15) is 9.59 Å². The highest BCUT2D eigenvalue weighted by atomic mass is 16.5. The van der Waals surface area contributed by atoms with E-state index in [2.05, 4.69) is 15.7 Å². The number of hydrogen-bond acceptors (Lipinski definition) is 4. The second kappa shape index (κ2) is 6.75. The first kappa shape index (κ1) is 15.6. The van der Waals surface area contributed by atoms with Crippen LogP contribution in [0.2, 0.25) is 0 Å². The van der Waals surface area contributed by atoms with Crippen molar-refractivity contribution in [2.45, 2.75) is 13.5 Å². The summed E-state index contributed by atoms with van der Waals surface area (Å²) < 4.78 is 6.68. The Bertz CT molecular complexity index is 694. The largest absolute Gasteiger partial charge is 0.497 e. The highest BCUT2D eigenvalue weighted by Crippen LogP contribution is 2.17. The van der Waals surface area contributed by atoms with Crippen LogP contribution in [0.15, 0.2) is 30.5 Å². The number of anilines is 1. The Hall–Kier alpha value is -2.83. The fraction of sp³-hybridized carbons (Fsp3) is 0.267. The summed E-state index contributed by atoms with van der Waals surface area (Å²) in [5.41, 5.74) is 0.987. The summed E-state index contributed by atoms with van der Waals surface area (Å²) in [7, 11) is 3.05. The van der Waals surface area contributed by atoms with E-state index >= 15 is 0 Å². The van der Waals surface area contributed by atoms with Crippen LogP contribution < -0.4 is 15.4 Å². The molecule has 0 aliphatic rings. The molecule has 2 aromatic rings. The number of ether oxygens (including phenoxy) is 1. The molecule has 7 nitrogen and oxygen atoms in total. The molecule has 0 bridgehead atoms. The van der Waals surface area contributed by atoms with Crippen LogP contribution in [-0.2, 0) is 6.54 Å². The number of methoxy groups -OCH3 is 1. The average Bonchev–Trinajstić information content (AvgIpc) is 2.97. The summed E-state index contributed by atoms with van der Waals surface area (Å²) in [5, 5.41) is 9.36. The molecule has 0 radical (unpaired) electrons. The highest BCUT2D eigenvalue weighted by molar-refractivity contribution is 6.08. The smallest absolute Gasteiger partial charge is 0.273 e. The van der Waals surface area contributed by atoms with Gasteiger partial charge in [-0.05, 0) is 25.1 Å². The Kier molecular flexibility index (Phi) is 4.77. The number of carbonyl (C=O) groups excluding carboxylic acids is 2. The Morgan fingerprint density at radius 2 is 2.09 bits per heavy atom. The molecule has 0 aliphatic carbocycles. The van der Waals surface area contributed by atoms with Gasteiger partial charge in [0.1, 0.15) is 5.75 Å². The molecule has 7 heteroatoms. The van der Waals surface area contributed by atoms with Crippen LogP contribution in [0.3, 0.4) is 0 Å². The van der Waals surface area contributed by atoms with Gasteiger partial charge in [-0.25, -0.2) is 0 Å². The Morgan fingerprint density at radius 3 is 2.73 bits per heavy atom. The van der Waals surface area contributed by atoms with E-state index in [1.54, 1.807) is 35.1 Å². The predicted octanol–water partition coefficient (Wildman–Crippen LogP) is 1.52. The third kappa shape index (κ3) is 3.25. The minimum Gasteiger partial charge on any atom is -0.497 e. The molecule has 22 heavy (non-hydrogen) atoms. The molecule has 116 valence electrons. The van der Waals surface area contributed by atoms with Gasteiger partial charge in [0, 0.05) is 25.4 Å². The summed E-state index contributed by atoms with van der Waals surface area (Å²) in [6, 6.07) is 6.77. The standard InChI is InChI=1S/C15H18N4O3/c1-4-19-9-12(13(18-19)15(21)16-2)17-14(20)10-6-5-7-11(8-10)22-3/h5-9H,4H2,1-3H3,(H,16,21)(H,17,20). The molecule has 2 N–H and O–H groups in total. The molecule has 0 atom stereocenters. The van der Waals surface area contributed by atoms with Crippen LogP contribution in [0.1, 0.15) is 27.8 Å². The van der Waals surface area contributed by atoms with E-state index in [0.29, 0.717) is 23.5 Å². The molecule has 0 saturated heterocycles. The molecular weight excluding hydrogens is 284 g/mol. The number of nitrogens with one attached hydrogen (secondary N) is 2. The quantitative estimate of drug-likeness (QED) is 0.877. The van der Waals surface area contributed by atoms with Crippen LogP contribution in [0, 0.1) is 0 Å². The van der Waals surface area contributed by atoms with Gasteiger partial charge in [-0.3, -0.25) is 14.3 Å². The summed E-state index contributed by atoms with van der Waals surface area (Å²) in [4.78, 5) is 24.1. The second-order valence-electron chi connectivity index (χ2n) is 4.51. The lowest BCUT2D eigenvalue weighted by Crippen LogP contribution is -2.21. The number of hydrogen-bond donors (Lipinski definition) is 2. The lowest BCUT2D eigenvalue weighted by Gasteiger charge is -2.06. The van der Waals surface area contributed by atoms with Gasteiger partial charge in [0.15, 0.2) is 5.69 Å². The van der Waals surface area contributed by atoms with E-state index in [-0.39, 0.29) is 17.5 Å². The molecule has 1 aromatic carbocycles. The van der Waals surface area contributed by atoms with Gasteiger partial charge in [-0.2, -0.15) is 5.10 Å². The van der Waals surface area contributed by atoms with E-state index < -0.39 is 0 Å². The number of aryl methyl sites for hydroxylation is 1. The van der Waals surface area contributed by atoms with Crippen molar-refractivity contribution in [2.24, 2.45) is 0 Å². The maximum absolute atomic E-state index is 12.3. The number of benzene rings is 1. The minimum atomic E-state index is -0.354. The highest BCUT2D eigenvalue weighted by Gasteiger charge is 2.18. The molecule has 0 unspecified atom stereocenters. The van der Waals surface area contributed by atoms with Crippen LogP contribution in [0.25, 0.3) is 0 Å². The summed E-state index contributed by atoms with van der Waals surface area (Å²) in [5.74, 6) is -0.101. The normalized spacial score (nSPS) is 10.1. The SMILES string of the molecule is CCn1cc(NC(=O)c2cccc(OC)c2)c(C(=O)NC)n1. The van der Waals surface area contributed by atoms with Crippen LogP contribution in [0.4, 0.5) is 5.69 Å². The molecule has 2 amide bonds. The van der Waals surface area contributed by atoms with Crippen molar-refractivity contribution >= 4 is 17.5 Å². The van der Waals surface area contributed by atoms with Crippen LogP contribution in [-0.4, -0.2) is 35.8 Å². The molecule has 0 aliphatic heterocycles. The molecule has 0 fully saturated rings. The lowest BCUT2D eigenvalue weighted by atomic mass is 10.2. The summed E-state index contributed by atoms with van der Waals surface area (Å²) in [6.07, 6.45) is 1.63. The van der Waals surface area contributed by atoms with Crippen molar-refractivity contribution in [3.8, 4) is 5.75 Å². The number of nitrogens with zero attached hydrogens (tertiary/aromatic N) is 2. The van der Waals surface area contributed by atoms with Crippen LogP contribution >= 0.6 is 0 Å². The van der Waals surface area contributed by atoms with Crippen LogP contribution in [0.5, 0.6) is 5.75 Å². The van der Waals surface area contributed by atoms with Gasteiger partial charge in [0.2, 0.25) is 0 Å². The maximum atomic E-state index is 12.3. The Balaban J connectivity index is 2.27. The fourth-order valence-corrected chi connectivity index (χ4v) is 1.92. The van der Waals surface area contributed by atoms with E-state index in [1.165, 1.54) is 14.2 Å². The fourth-order valence-electron chi connectivity index (χ4n) is 1.92. The predicted molar refractivity (Wildman–Crippen MR) is 82.2 cm³/mol. The van der Waals surface area contributed by atoms with E-state index in [1.807, 2.05) is 6.92 Å². The van der Waals surface area contributed by atoms with Crippen molar-refractivity contribution < 1.29 is 14.3 Å². The van der Waals surface area contributed by atoms with Gasteiger partial charge < -0.3 is 15.4 Å². The molecule has 1 heterocycles. The molecule has 0 spiro atoms. The van der Waals surface area contributed by atoms with E-state index in [4.69, 9.17) is 4.74 Å². The third-order valence-corrected chi connectivity index (χ3v) is 3.11. The molecule has 2 rings (SSSR count). The first-order chi connectivity index (χ1) is 10.6. The molecule has 1 aromatic heterocycles. The molecule has 0 saturated carbocycles. The third-order valence-electron chi connectivity index (χ3n) is 3.11. The monoisotopic (exact) mass is 302 g/mol. The van der Waals surface area contributed by atoms with Crippen molar-refractivity contribution in [1.82, 2.24) is 15.1 Å². The van der Waals surface area contributed by atoms with E-state index in [0.717, 1.165) is 0 Å². The van der Waals surface area contributed by atoms with Crippen molar-refractivity contribution in [3.63, 3.8) is 0 Å². The molecular formula is C15H18N4O3. The van der Waals surface area contributed by atoms with Gasteiger partial charge in [-0.1, -0.05) is 6.07 Å². The Morgan fingerprint density at radius 1 is 1.32 bits per heavy atom. The Labute approximate surface area is 128 Å². The van der Waals surface area contributed by atoms with Crippen molar-refractivity contribution in [2.75, 3.05) is 19.5 Å². The summed E-state index contributed by atoms with van der Waals surface area (Å²) in [6.45, 7) is 2.49. The van der Waals surface area contributed by atoms with Gasteiger partial charge >= 0.3 is 0 Å². The minimum absolute atomic E-state index is 0.181. The van der Waals surface area contributed by atoms with Gasteiger partial charge in [-0.15, -0.1) is 0 Å². The number of aromatic nitrogens is 2. The van der Waals surface area contributed by atoms with Gasteiger partial charge in [0.05, 0.1) is 12.8 Å². The second-order valence-corrected chi connectivity index (χ2v) is 4.51. The lowest BCUT2D eigenvalue weighted by molar-refractivity contribution is 0.0958. The number of carbonyl (C=O) groups is 2. The van der Waals surface area contributed by atoms with Crippen molar-refractivity contribution in [1.29, 1.82) is 0 Å². The average molecular weight is 302 g/mol. The van der Waals surface area contributed by atoms with Gasteiger partial charge in [0.25, 0.3) is 11.8 Å². The maximum Gasteiger partial charge on any atom is 0.273 e. The first-order valence-electron chi connectivity index (χ1n) is 6.84. The first-order valence-corrected chi connectivity index (χ1v) is 6.84. The number of amides is 2. The summed E-state index contributed by atoms with van der Waals surface area (Å²) >= 11 is 0. The zero-order chi connectivity index (χ0) is 16.1. The zero-order valence-corrected chi connectivity index (χ0v) is 12.7. The van der Waals surface area contributed by atoms with Crippen molar-refractivity contribution in [3.05, 3.63) is 41.7 Å².